The fourth-order valence-electron chi connectivity index (χ4n) is 2.53. The molecular formula is C14H18F2N2O2S. The van der Waals surface area contributed by atoms with Gasteiger partial charge in [0.1, 0.15) is 0 Å². The highest BCUT2D eigenvalue weighted by Crippen LogP contribution is 2.30. The highest BCUT2D eigenvalue weighted by atomic mass is 32.2. The van der Waals surface area contributed by atoms with Gasteiger partial charge in [-0.25, -0.2) is 4.79 Å². The van der Waals surface area contributed by atoms with Crippen molar-refractivity contribution in [2.24, 2.45) is 0 Å². The summed E-state index contributed by atoms with van der Waals surface area (Å²) >= 11 is 0.431. The van der Waals surface area contributed by atoms with Crippen LogP contribution in [0.3, 0.4) is 0 Å². The highest BCUT2D eigenvalue weighted by Gasteiger charge is 2.34. The number of nitrogens with one attached hydrogen (secondary N) is 2. The molecule has 0 bridgehead atoms. The van der Waals surface area contributed by atoms with Crippen LogP contribution in [0.4, 0.5) is 19.3 Å². The van der Waals surface area contributed by atoms with E-state index < -0.39 is 17.3 Å². The number of urea groups is 1. The second kappa shape index (κ2) is 7.09. The summed E-state index contributed by atoms with van der Waals surface area (Å²) < 4.78 is 24.6. The van der Waals surface area contributed by atoms with Crippen molar-refractivity contribution in [3.05, 3.63) is 24.3 Å². The lowest BCUT2D eigenvalue weighted by Gasteiger charge is -2.28. The number of halogens is 2. The zero-order valence-corrected chi connectivity index (χ0v) is 12.3. The van der Waals surface area contributed by atoms with Gasteiger partial charge in [0.05, 0.1) is 12.1 Å². The van der Waals surface area contributed by atoms with Gasteiger partial charge in [0, 0.05) is 10.6 Å². The normalized spacial score (nSPS) is 17.0. The fraction of sp³-hybridized carbons (Fsp3) is 0.500. The van der Waals surface area contributed by atoms with Crippen molar-refractivity contribution in [1.82, 2.24) is 5.32 Å². The van der Waals surface area contributed by atoms with Gasteiger partial charge in [-0.1, -0.05) is 30.7 Å². The molecule has 4 nitrogen and oxygen atoms in total. The molecule has 0 atom stereocenters. The Morgan fingerprint density at radius 1 is 1.38 bits per heavy atom. The number of amides is 2. The van der Waals surface area contributed by atoms with E-state index in [2.05, 4.69) is 10.6 Å². The van der Waals surface area contributed by atoms with Gasteiger partial charge in [0.15, 0.2) is 0 Å². The predicted molar refractivity (Wildman–Crippen MR) is 78.7 cm³/mol. The number of anilines is 1. The van der Waals surface area contributed by atoms with E-state index in [1.54, 1.807) is 18.2 Å². The first-order valence-corrected chi connectivity index (χ1v) is 7.66. The van der Waals surface area contributed by atoms with Crippen LogP contribution in [0.2, 0.25) is 0 Å². The third-order valence-electron chi connectivity index (χ3n) is 3.56. The molecule has 1 aromatic carbocycles. The van der Waals surface area contributed by atoms with Gasteiger partial charge in [-0.05, 0) is 31.0 Å². The maximum atomic E-state index is 12.3. The molecule has 2 amide bonds. The Morgan fingerprint density at radius 2 is 2.10 bits per heavy atom. The number of carbonyl (C=O) groups excluding carboxylic acids is 1. The van der Waals surface area contributed by atoms with Gasteiger partial charge in [-0.2, -0.15) is 8.78 Å². The van der Waals surface area contributed by atoms with Gasteiger partial charge in [-0.15, -0.1) is 0 Å². The Kier molecular flexibility index (Phi) is 5.41. The molecule has 1 aliphatic carbocycles. The second-order valence-corrected chi connectivity index (χ2v) is 6.19. The molecule has 21 heavy (non-hydrogen) atoms. The molecule has 3 N–H and O–H groups in total. The van der Waals surface area contributed by atoms with Crippen molar-refractivity contribution in [2.75, 3.05) is 11.9 Å². The molecule has 0 aliphatic heterocycles. The summed E-state index contributed by atoms with van der Waals surface area (Å²) in [6, 6.07) is 5.88. The van der Waals surface area contributed by atoms with Crippen LogP contribution in [0.15, 0.2) is 29.2 Å². The number of aliphatic hydroxyl groups is 1. The molecule has 1 saturated carbocycles. The zero-order chi connectivity index (χ0) is 15.3. The van der Waals surface area contributed by atoms with Gasteiger partial charge in [-0.3, -0.25) is 0 Å². The summed E-state index contributed by atoms with van der Waals surface area (Å²) in [6.07, 6.45) is 3.44. The molecule has 0 spiro atoms. The fourth-order valence-corrected chi connectivity index (χ4v) is 3.09. The topological polar surface area (TPSA) is 61.4 Å². The number of hydrogen-bond donors (Lipinski definition) is 3. The van der Waals surface area contributed by atoms with E-state index in [4.69, 9.17) is 0 Å². The predicted octanol–water partition coefficient (Wildman–Crippen LogP) is 3.43. The second-order valence-electron chi connectivity index (χ2n) is 5.13. The smallest absolute Gasteiger partial charge is 0.319 e. The molecule has 116 valence electrons. The molecule has 1 aromatic rings. The first-order chi connectivity index (χ1) is 10.0. The molecule has 0 saturated heterocycles. The van der Waals surface area contributed by atoms with Crippen LogP contribution in [0.5, 0.6) is 0 Å². The molecule has 7 heteroatoms. The van der Waals surface area contributed by atoms with Crippen LogP contribution in [0, 0.1) is 0 Å². The Hall–Kier alpha value is -1.34. The lowest BCUT2D eigenvalue weighted by Crippen LogP contribution is -2.50. The number of alkyl halides is 2. The van der Waals surface area contributed by atoms with Crippen molar-refractivity contribution in [3.63, 3.8) is 0 Å². The number of thioether (sulfide) groups is 1. The monoisotopic (exact) mass is 316 g/mol. The van der Waals surface area contributed by atoms with E-state index in [0.717, 1.165) is 25.7 Å². The third-order valence-corrected chi connectivity index (χ3v) is 4.26. The van der Waals surface area contributed by atoms with Crippen molar-refractivity contribution in [2.45, 2.75) is 41.9 Å². The minimum atomic E-state index is -2.50. The van der Waals surface area contributed by atoms with Crippen molar-refractivity contribution in [1.29, 1.82) is 0 Å². The Bertz CT molecular complexity index is 494. The van der Waals surface area contributed by atoms with E-state index in [1.165, 1.54) is 6.07 Å². The Morgan fingerprint density at radius 3 is 2.71 bits per heavy atom. The average Bonchev–Trinajstić information content (AvgIpc) is 2.87. The van der Waals surface area contributed by atoms with Crippen LogP contribution in [-0.2, 0) is 0 Å². The third kappa shape index (κ3) is 4.57. The maximum absolute atomic E-state index is 12.3. The van der Waals surface area contributed by atoms with Crippen molar-refractivity contribution >= 4 is 23.5 Å². The van der Waals surface area contributed by atoms with Gasteiger partial charge in [0.25, 0.3) is 5.76 Å². The standard InChI is InChI=1S/C14H18F2N2O2S/c15-12(16)21-11-5-3-4-10(8-11)17-13(20)18-14(9-19)6-1-2-7-14/h3-5,8,12,19H,1-2,6-7,9H2,(H2,17,18,20). The van der Waals surface area contributed by atoms with Crippen LogP contribution in [0.1, 0.15) is 25.7 Å². The minimum Gasteiger partial charge on any atom is -0.394 e. The SMILES string of the molecule is O=C(Nc1cccc(SC(F)F)c1)NC1(CO)CCCC1. The molecule has 1 aliphatic rings. The Balaban J connectivity index is 1.96. The first kappa shape index (κ1) is 16.0. The van der Waals surface area contributed by atoms with E-state index in [0.29, 0.717) is 22.3 Å². The number of hydrogen-bond acceptors (Lipinski definition) is 3. The lowest BCUT2D eigenvalue weighted by molar-refractivity contribution is 0.167. The molecule has 0 radical (unpaired) electrons. The quantitative estimate of drug-likeness (QED) is 0.729. The zero-order valence-electron chi connectivity index (χ0n) is 11.4. The van der Waals surface area contributed by atoms with Gasteiger partial charge >= 0.3 is 6.03 Å². The summed E-state index contributed by atoms with van der Waals surface area (Å²) in [7, 11) is 0. The summed E-state index contributed by atoms with van der Waals surface area (Å²) in [5.74, 6) is -2.50. The number of benzene rings is 1. The lowest BCUT2D eigenvalue weighted by atomic mass is 9.99. The van der Waals surface area contributed by atoms with Crippen LogP contribution < -0.4 is 10.6 Å². The van der Waals surface area contributed by atoms with E-state index in [1.807, 2.05) is 0 Å². The number of aliphatic hydroxyl groups excluding tert-OH is 1. The molecule has 0 heterocycles. The highest BCUT2D eigenvalue weighted by molar-refractivity contribution is 7.99. The number of carbonyl (C=O) groups is 1. The number of rotatable bonds is 5. The molecule has 0 aromatic heterocycles. The Labute approximate surface area is 126 Å². The van der Waals surface area contributed by atoms with Crippen molar-refractivity contribution in [3.8, 4) is 0 Å². The van der Waals surface area contributed by atoms with Crippen LogP contribution in [-0.4, -0.2) is 29.0 Å². The molecule has 1 fully saturated rings. The first-order valence-electron chi connectivity index (χ1n) is 6.78. The maximum Gasteiger partial charge on any atom is 0.319 e. The van der Waals surface area contributed by atoms with E-state index in [9.17, 15) is 18.7 Å². The van der Waals surface area contributed by atoms with Crippen molar-refractivity contribution < 1.29 is 18.7 Å². The largest absolute Gasteiger partial charge is 0.394 e. The van der Waals surface area contributed by atoms with Crippen LogP contribution in [0.25, 0.3) is 0 Å². The summed E-state index contributed by atoms with van der Waals surface area (Å²) in [5, 5.41) is 14.9. The van der Waals surface area contributed by atoms with Crippen LogP contribution >= 0.6 is 11.8 Å². The van der Waals surface area contributed by atoms with E-state index >= 15 is 0 Å². The van der Waals surface area contributed by atoms with Gasteiger partial charge < -0.3 is 15.7 Å². The molecule has 2 rings (SSSR count). The summed E-state index contributed by atoms with van der Waals surface area (Å²) in [6.45, 7) is -0.0955. The molecule has 0 unspecified atom stereocenters. The summed E-state index contributed by atoms with van der Waals surface area (Å²) in [5.41, 5.74) is -0.108. The minimum absolute atomic E-state index is 0.0955. The molecular weight excluding hydrogens is 298 g/mol. The van der Waals surface area contributed by atoms with E-state index in [-0.39, 0.29) is 6.61 Å². The summed E-state index contributed by atoms with van der Waals surface area (Å²) in [4.78, 5) is 12.4. The van der Waals surface area contributed by atoms with Gasteiger partial charge in [0.2, 0.25) is 0 Å². The average molecular weight is 316 g/mol.